The summed E-state index contributed by atoms with van der Waals surface area (Å²) in [6.45, 7) is -0.0116. The molecule has 0 atom stereocenters. The largest absolute Gasteiger partial charge is 0.495 e. The number of thiazole rings is 1. The van der Waals surface area contributed by atoms with Crippen molar-refractivity contribution in [2.75, 3.05) is 14.2 Å². The van der Waals surface area contributed by atoms with E-state index >= 15 is 0 Å². The van der Waals surface area contributed by atoms with E-state index in [0.29, 0.717) is 5.69 Å². The zero-order valence-electron chi connectivity index (χ0n) is 15.2. The van der Waals surface area contributed by atoms with Crippen molar-refractivity contribution in [1.29, 1.82) is 0 Å². The van der Waals surface area contributed by atoms with Crippen LogP contribution in [0.3, 0.4) is 0 Å². The van der Waals surface area contributed by atoms with Gasteiger partial charge in [0.05, 0.1) is 18.4 Å². The molecule has 0 aliphatic rings. The highest BCUT2D eigenvalue weighted by atomic mass is 32.2. The SMILES string of the molecule is CNS(=O)(=O)c1cc(C(=O)OCc2csc(-c3ccccc3)n2)ccc1OC. The lowest BCUT2D eigenvalue weighted by Crippen LogP contribution is -2.20. The molecule has 1 heterocycles. The normalized spacial score (nSPS) is 11.2. The Labute approximate surface area is 167 Å². The average Bonchev–Trinajstić information content (AvgIpc) is 3.21. The van der Waals surface area contributed by atoms with Crippen LogP contribution in [0.2, 0.25) is 0 Å². The molecule has 28 heavy (non-hydrogen) atoms. The highest BCUT2D eigenvalue weighted by molar-refractivity contribution is 7.89. The summed E-state index contributed by atoms with van der Waals surface area (Å²) in [7, 11) is -1.15. The fourth-order valence-corrected chi connectivity index (χ4v) is 4.16. The third kappa shape index (κ3) is 4.38. The Hall–Kier alpha value is -2.75. The Morgan fingerprint density at radius 1 is 1.18 bits per heavy atom. The summed E-state index contributed by atoms with van der Waals surface area (Å²) in [6, 6.07) is 13.8. The Bertz CT molecular complexity index is 1080. The van der Waals surface area contributed by atoms with Crippen LogP contribution in [0.15, 0.2) is 58.8 Å². The summed E-state index contributed by atoms with van der Waals surface area (Å²) in [4.78, 5) is 16.7. The van der Waals surface area contributed by atoms with Crippen LogP contribution in [-0.2, 0) is 21.4 Å². The molecular formula is C19H18N2O5S2. The first kappa shape index (κ1) is 20.0. The van der Waals surface area contributed by atoms with Gasteiger partial charge in [0, 0.05) is 10.9 Å². The number of nitrogens with one attached hydrogen (secondary N) is 1. The third-order valence-electron chi connectivity index (χ3n) is 3.88. The molecule has 0 saturated carbocycles. The van der Waals surface area contributed by atoms with Crippen molar-refractivity contribution in [3.05, 3.63) is 65.2 Å². The quantitative estimate of drug-likeness (QED) is 0.593. The molecule has 7 nitrogen and oxygen atoms in total. The Kier molecular flexibility index (Phi) is 6.08. The van der Waals surface area contributed by atoms with Gasteiger partial charge < -0.3 is 9.47 Å². The highest BCUT2D eigenvalue weighted by Gasteiger charge is 2.21. The van der Waals surface area contributed by atoms with Gasteiger partial charge in [0.2, 0.25) is 10.0 Å². The average molecular weight is 418 g/mol. The molecule has 1 aromatic heterocycles. The predicted molar refractivity (Wildman–Crippen MR) is 106 cm³/mol. The van der Waals surface area contributed by atoms with Crippen LogP contribution in [0, 0.1) is 0 Å². The van der Waals surface area contributed by atoms with Gasteiger partial charge in [0.25, 0.3) is 0 Å². The molecule has 0 radical (unpaired) electrons. The van der Waals surface area contributed by atoms with Crippen molar-refractivity contribution in [2.45, 2.75) is 11.5 Å². The van der Waals surface area contributed by atoms with Crippen LogP contribution in [0.4, 0.5) is 0 Å². The van der Waals surface area contributed by atoms with Gasteiger partial charge in [-0.2, -0.15) is 0 Å². The Morgan fingerprint density at radius 2 is 1.93 bits per heavy atom. The summed E-state index contributed by atoms with van der Waals surface area (Å²) in [5.74, 6) is -0.512. The second-order valence-corrected chi connectivity index (χ2v) is 8.37. The summed E-state index contributed by atoms with van der Waals surface area (Å²) in [5, 5.41) is 2.65. The number of methoxy groups -OCH3 is 1. The van der Waals surface area contributed by atoms with E-state index in [0.717, 1.165) is 10.6 Å². The number of rotatable bonds is 7. The van der Waals surface area contributed by atoms with E-state index in [4.69, 9.17) is 9.47 Å². The van der Waals surface area contributed by atoms with Crippen LogP contribution in [0.1, 0.15) is 16.1 Å². The van der Waals surface area contributed by atoms with E-state index < -0.39 is 16.0 Å². The van der Waals surface area contributed by atoms with Crippen LogP contribution in [0.5, 0.6) is 5.75 Å². The van der Waals surface area contributed by atoms with E-state index in [2.05, 4.69) is 9.71 Å². The lowest BCUT2D eigenvalue weighted by Gasteiger charge is -2.10. The number of aromatic nitrogens is 1. The van der Waals surface area contributed by atoms with Crippen molar-refractivity contribution in [3.63, 3.8) is 0 Å². The summed E-state index contributed by atoms with van der Waals surface area (Å²) in [5.41, 5.74) is 1.71. The van der Waals surface area contributed by atoms with Crippen molar-refractivity contribution < 1.29 is 22.7 Å². The maximum Gasteiger partial charge on any atom is 0.338 e. The van der Waals surface area contributed by atoms with Gasteiger partial charge in [0.15, 0.2) is 0 Å². The van der Waals surface area contributed by atoms with Gasteiger partial charge in [-0.25, -0.2) is 22.9 Å². The van der Waals surface area contributed by atoms with E-state index in [-0.39, 0.29) is 22.8 Å². The fourth-order valence-electron chi connectivity index (χ4n) is 2.43. The zero-order valence-corrected chi connectivity index (χ0v) is 16.8. The molecule has 0 spiro atoms. The van der Waals surface area contributed by atoms with Gasteiger partial charge in [-0.05, 0) is 25.2 Å². The molecule has 1 N–H and O–H groups in total. The maximum absolute atomic E-state index is 12.4. The number of nitrogens with zero attached hydrogens (tertiary/aromatic N) is 1. The van der Waals surface area contributed by atoms with E-state index in [1.165, 1.54) is 43.7 Å². The molecule has 0 unspecified atom stereocenters. The van der Waals surface area contributed by atoms with E-state index in [1.807, 2.05) is 35.7 Å². The molecule has 0 aliphatic heterocycles. The number of hydrogen-bond donors (Lipinski definition) is 1. The lowest BCUT2D eigenvalue weighted by atomic mass is 10.2. The van der Waals surface area contributed by atoms with Crippen molar-refractivity contribution in [1.82, 2.24) is 9.71 Å². The number of carbonyl (C=O) groups is 1. The Balaban J connectivity index is 1.74. The molecule has 0 amide bonds. The first-order valence-electron chi connectivity index (χ1n) is 8.23. The van der Waals surface area contributed by atoms with Gasteiger partial charge in [-0.1, -0.05) is 30.3 Å². The predicted octanol–water partition coefficient (Wildman–Crippen LogP) is 3.08. The van der Waals surface area contributed by atoms with Crippen molar-refractivity contribution in [2.24, 2.45) is 0 Å². The number of carbonyl (C=O) groups excluding carboxylic acids is 1. The van der Waals surface area contributed by atoms with E-state index in [9.17, 15) is 13.2 Å². The number of esters is 1. The molecule has 3 rings (SSSR count). The van der Waals surface area contributed by atoms with Gasteiger partial charge in [0.1, 0.15) is 22.3 Å². The Morgan fingerprint density at radius 3 is 2.61 bits per heavy atom. The molecule has 146 valence electrons. The first-order chi connectivity index (χ1) is 13.4. The first-order valence-corrected chi connectivity index (χ1v) is 10.6. The summed E-state index contributed by atoms with van der Waals surface area (Å²) >= 11 is 1.46. The molecule has 0 fully saturated rings. The monoisotopic (exact) mass is 418 g/mol. The highest BCUT2D eigenvalue weighted by Crippen LogP contribution is 2.26. The maximum atomic E-state index is 12.4. The van der Waals surface area contributed by atoms with Crippen LogP contribution in [-0.4, -0.2) is 33.5 Å². The fraction of sp³-hybridized carbons (Fsp3) is 0.158. The number of ether oxygens (including phenoxy) is 2. The number of sulfonamides is 1. The van der Waals surface area contributed by atoms with Gasteiger partial charge in [-0.3, -0.25) is 0 Å². The topological polar surface area (TPSA) is 94.6 Å². The summed E-state index contributed by atoms with van der Waals surface area (Å²) in [6.07, 6.45) is 0. The minimum atomic E-state index is -3.78. The second kappa shape index (κ2) is 8.51. The molecular weight excluding hydrogens is 400 g/mol. The van der Waals surface area contributed by atoms with Crippen molar-refractivity contribution >= 4 is 27.3 Å². The zero-order chi connectivity index (χ0) is 20.1. The molecule has 9 heteroatoms. The molecule has 2 aromatic carbocycles. The smallest absolute Gasteiger partial charge is 0.338 e. The number of benzene rings is 2. The molecule has 0 saturated heterocycles. The van der Waals surface area contributed by atoms with Gasteiger partial charge >= 0.3 is 5.97 Å². The minimum Gasteiger partial charge on any atom is -0.495 e. The molecule has 3 aromatic rings. The van der Waals surface area contributed by atoms with Crippen LogP contribution >= 0.6 is 11.3 Å². The van der Waals surface area contributed by atoms with E-state index in [1.54, 1.807) is 0 Å². The van der Waals surface area contributed by atoms with Gasteiger partial charge in [-0.15, -0.1) is 11.3 Å². The van der Waals surface area contributed by atoms with Crippen LogP contribution < -0.4 is 9.46 Å². The van der Waals surface area contributed by atoms with Crippen LogP contribution in [0.25, 0.3) is 10.6 Å². The molecule has 0 aliphatic carbocycles. The third-order valence-corrected chi connectivity index (χ3v) is 6.26. The minimum absolute atomic E-state index is 0.0116. The molecule has 0 bridgehead atoms. The number of hydrogen-bond acceptors (Lipinski definition) is 7. The van der Waals surface area contributed by atoms with Crippen molar-refractivity contribution in [3.8, 4) is 16.3 Å². The standard InChI is InChI=1S/C19H18N2O5S2/c1-20-28(23,24)17-10-14(8-9-16(17)25-2)19(22)26-11-15-12-27-18(21-15)13-6-4-3-5-7-13/h3-10,12,20H,11H2,1-2H3. The lowest BCUT2D eigenvalue weighted by molar-refractivity contribution is 0.0468. The summed E-state index contributed by atoms with van der Waals surface area (Å²) < 4.78 is 36.8. The second-order valence-electron chi connectivity index (χ2n) is 5.66.